The highest BCUT2D eigenvalue weighted by molar-refractivity contribution is 9.10. The number of hydrogen-bond acceptors (Lipinski definition) is 2. The summed E-state index contributed by atoms with van der Waals surface area (Å²) >= 11 is 8.83. The van der Waals surface area contributed by atoms with E-state index >= 15 is 0 Å². The first-order valence-corrected chi connectivity index (χ1v) is 4.89. The fourth-order valence-corrected chi connectivity index (χ4v) is 1.10. The van der Waals surface area contributed by atoms with Crippen LogP contribution in [0.25, 0.3) is 0 Å². The largest absolute Gasteiger partial charge is 0.308 e. The van der Waals surface area contributed by atoms with Gasteiger partial charge in [0.1, 0.15) is 11.2 Å². The molecule has 1 rings (SSSR count). The van der Waals surface area contributed by atoms with E-state index in [-0.39, 0.29) is 5.91 Å². The quantitative estimate of drug-likeness (QED) is 0.833. The lowest BCUT2D eigenvalue weighted by atomic mass is 10.4. The van der Waals surface area contributed by atoms with E-state index in [0.717, 1.165) is 4.47 Å². The third-order valence-corrected chi connectivity index (χ3v) is 2.20. The number of aromatic nitrogens is 1. The van der Waals surface area contributed by atoms with Crippen LogP contribution in [0.3, 0.4) is 0 Å². The molecular weight excluding hydrogens is 255 g/mol. The van der Waals surface area contributed by atoms with Gasteiger partial charge in [-0.3, -0.25) is 4.79 Å². The van der Waals surface area contributed by atoms with Crippen molar-refractivity contribution in [2.45, 2.75) is 12.3 Å². The lowest BCUT2D eigenvalue weighted by molar-refractivity contribution is -0.115. The Labute approximate surface area is 89.6 Å². The molecule has 1 amide bonds. The Bertz CT molecular complexity index is 317. The summed E-state index contributed by atoms with van der Waals surface area (Å²) in [4.78, 5) is 15.1. The molecule has 0 saturated carbocycles. The maximum atomic E-state index is 11.2. The number of carbonyl (C=O) groups is 1. The highest BCUT2D eigenvalue weighted by atomic mass is 79.9. The zero-order chi connectivity index (χ0) is 9.84. The second kappa shape index (κ2) is 4.58. The minimum absolute atomic E-state index is 0.263. The van der Waals surface area contributed by atoms with Gasteiger partial charge in [-0.2, -0.15) is 0 Å². The molecule has 0 radical (unpaired) electrons. The van der Waals surface area contributed by atoms with E-state index in [4.69, 9.17) is 11.6 Å². The monoisotopic (exact) mass is 262 g/mol. The Morgan fingerprint density at radius 3 is 3.00 bits per heavy atom. The number of hydrogen-bond donors (Lipinski definition) is 1. The van der Waals surface area contributed by atoms with Crippen molar-refractivity contribution in [3.63, 3.8) is 0 Å². The molecule has 0 spiro atoms. The zero-order valence-corrected chi connectivity index (χ0v) is 9.26. The van der Waals surface area contributed by atoms with Gasteiger partial charge in [0, 0.05) is 6.20 Å². The van der Waals surface area contributed by atoms with Crippen molar-refractivity contribution in [1.82, 2.24) is 4.98 Å². The van der Waals surface area contributed by atoms with Gasteiger partial charge < -0.3 is 5.32 Å². The molecule has 1 heterocycles. The molecule has 0 saturated heterocycles. The van der Waals surface area contributed by atoms with Crippen molar-refractivity contribution in [2.75, 3.05) is 5.32 Å². The van der Waals surface area contributed by atoms with E-state index in [1.807, 2.05) is 0 Å². The summed E-state index contributed by atoms with van der Waals surface area (Å²) in [7, 11) is 0. The van der Waals surface area contributed by atoms with Gasteiger partial charge in [0.15, 0.2) is 0 Å². The van der Waals surface area contributed by atoms with Crippen LogP contribution in [0.1, 0.15) is 6.92 Å². The molecule has 1 N–H and O–H groups in total. The Morgan fingerprint density at radius 1 is 1.77 bits per heavy atom. The van der Waals surface area contributed by atoms with Crippen LogP contribution in [0.5, 0.6) is 0 Å². The van der Waals surface area contributed by atoms with Crippen molar-refractivity contribution in [3.05, 3.63) is 22.8 Å². The molecule has 1 aromatic rings. The number of rotatable bonds is 2. The van der Waals surface area contributed by atoms with Crippen LogP contribution in [-0.4, -0.2) is 16.3 Å². The normalized spacial score (nSPS) is 12.2. The molecule has 0 fully saturated rings. The van der Waals surface area contributed by atoms with Gasteiger partial charge in [0.05, 0.1) is 4.47 Å². The fraction of sp³-hybridized carbons (Fsp3) is 0.250. The molecule has 0 aliphatic rings. The van der Waals surface area contributed by atoms with Crippen molar-refractivity contribution in [3.8, 4) is 0 Å². The van der Waals surface area contributed by atoms with Crippen molar-refractivity contribution in [2.24, 2.45) is 0 Å². The third kappa shape index (κ3) is 2.97. The first-order valence-electron chi connectivity index (χ1n) is 3.66. The fourth-order valence-electron chi connectivity index (χ4n) is 0.694. The van der Waals surface area contributed by atoms with E-state index in [9.17, 15) is 4.79 Å². The number of pyridine rings is 1. The standard InChI is InChI=1S/C8H8BrClN2O/c1-5(10)8(13)12-7-6(9)3-2-4-11-7/h2-5H,1H3,(H,11,12,13). The first-order chi connectivity index (χ1) is 6.11. The highest BCUT2D eigenvalue weighted by Crippen LogP contribution is 2.18. The molecule has 5 heteroatoms. The van der Waals surface area contributed by atoms with E-state index in [0.29, 0.717) is 5.82 Å². The van der Waals surface area contributed by atoms with E-state index in [2.05, 4.69) is 26.2 Å². The maximum absolute atomic E-state index is 11.2. The molecule has 1 aromatic heterocycles. The summed E-state index contributed by atoms with van der Waals surface area (Å²) in [5.41, 5.74) is 0. The molecule has 0 aliphatic heterocycles. The Kier molecular flexibility index (Phi) is 3.69. The minimum atomic E-state index is -0.561. The van der Waals surface area contributed by atoms with Gasteiger partial charge in [-0.05, 0) is 35.0 Å². The third-order valence-electron chi connectivity index (χ3n) is 1.36. The second-order valence-electron chi connectivity index (χ2n) is 2.44. The zero-order valence-electron chi connectivity index (χ0n) is 6.92. The van der Waals surface area contributed by atoms with Crippen LogP contribution in [0.15, 0.2) is 22.8 Å². The molecule has 3 nitrogen and oxygen atoms in total. The average molecular weight is 264 g/mol. The van der Waals surface area contributed by atoms with Crippen molar-refractivity contribution >= 4 is 39.3 Å². The molecule has 1 unspecified atom stereocenters. The van der Waals surface area contributed by atoms with Crippen LogP contribution in [0.4, 0.5) is 5.82 Å². The van der Waals surface area contributed by atoms with E-state index in [1.165, 1.54) is 0 Å². The van der Waals surface area contributed by atoms with Crippen molar-refractivity contribution in [1.29, 1.82) is 0 Å². The first kappa shape index (κ1) is 10.5. The molecule has 0 bridgehead atoms. The lowest BCUT2D eigenvalue weighted by Crippen LogP contribution is -2.21. The number of anilines is 1. The van der Waals surface area contributed by atoms with Gasteiger partial charge in [0.2, 0.25) is 5.91 Å². The summed E-state index contributed by atoms with van der Waals surface area (Å²) < 4.78 is 0.737. The molecule has 1 atom stereocenters. The molecule has 0 aromatic carbocycles. The number of amides is 1. The molecular formula is C8H8BrClN2O. The number of alkyl halides is 1. The summed E-state index contributed by atoms with van der Waals surface area (Å²) in [6, 6.07) is 3.56. The van der Waals surface area contributed by atoms with Crippen LogP contribution >= 0.6 is 27.5 Å². The predicted molar refractivity (Wildman–Crippen MR) is 55.9 cm³/mol. The number of nitrogens with one attached hydrogen (secondary N) is 1. The van der Waals surface area contributed by atoms with Gasteiger partial charge in [-0.15, -0.1) is 11.6 Å². The maximum Gasteiger partial charge on any atom is 0.243 e. The minimum Gasteiger partial charge on any atom is -0.308 e. The lowest BCUT2D eigenvalue weighted by Gasteiger charge is -2.06. The van der Waals surface area contributed by atoms with Crippen LogP contribution in [0, 0.1) is 0 Å². The number of nitrogens with zero attached hydrogens (tertiary/aromatic N) is 1. The number of halogens is 2. The van der Waals surface area contributed by atoms with Gasteiger partial charge in [-0.1, -0.05) is 0 Å². The van der Waals surface area contributed by atoms with Gasteiger partial charge in [-0.25, -0.2) is 4.98 Å². The van der Waals surface area contributed by atoms with E-state index < -0.39 is 5.38 Å². The summed E-state index contributed by atoms with van der Waals surface area (Å²) in [6.07, 6.45) is 1.60. The van der Waals surface area contributed by atoms with Crippen LogP contribution in [-0.2, 0) is 4.79 Å². The van der Waals surface area contributed by atoms with Crippen molar-refractivity contribution < 1.29 is 4.79 Å². The summed E-state index contributed by atoms with van der Waals surface area (Å²) in [5.74, 6) is 0.223. The molecule has 70 valence electrons. The summed E-state index contributed by atoms with van der Waals surface area (Å²) in [6.45, 7) is 1.60. The van der Waals surface area contributed by atoms with Crippen LogP contribution < -0.4 is 5.32 Å². The highest BCUT2D eigenvalue weighted by Gasteiger charge is 2.10. The second-order valence-corrected chi connectivity index (χ2v) is 3.95. The van der Waals surface area contributed by atoms with E-state index in [1.54, 1.807) is 25.3 Å². The SMILES string of the molecule is CC(Cl)C(=O)Nc1ncccc1Br. The average Bonchev–Trinajstić information content (AvgIpc) is 2.08. The topological polar surface area (TPSA) is 42.0 Å². The smallest absolute Gasteiger partial charge is 0.243 e. The Morgan fingerprint density at radius 2 is 2.46 bits per heavy atom. The van der Waals surface area contributed by atoms with Gasteiger partial charge >= 0.3 is 0 Å². The predicted octanol–water partition coefficient (Wildman–Crippen LogP) is 2.41. The molecule has 13 heavy (non-hydrogen) atoms. The Balaban J connectivity index is 2.75. The number of carbonyl (C=O) groups excluding carboxylic acids is 1. The van der Waals surface area contributed by atoms with Crippen LogP contribution in [0.2, 0.25) is 0 Å². The molecule has 0 aliphatic carbocycles. The Hall–Kier alpha value is -0.610. The summed E-state index contributed by atoms with van der Waals surface area (Å²) in [5, 5.41) is 2.02. The van der Waals surface area contributed by atoms with Gasteiger partial charge in [0.25, 0.3) is 0 Å².